The Hall–Kier alpha value is -2.89. The van der Waals surface area contributed by atoms with Crippen LogP contribution in [0.1, 0.15) is 63.4 Å². The predicted molar refractivity (Wildman–Crippen MR) is 128 cm³/mol. The summed E-state index contributed by atoms with van der Waals surface area (Å²) < 4.78 is 7.30. The van der Waals surface area contributed by atoms with Crippen LogP contribution in [0.2, 0.25) is 0 Å². The van der Waals surface area contributed by atoms with Gasteiger partial charge in [0.15, 0.2) is 5.82 Å². The molecule has 1 aliphatic carbocycles. The molecule has 4 rings (SSSR count). The van der Waals surface area contributed by atoms with Crippen molar-refractivity contribution in [2.75, 3.05) is 12.4 Å². The third-order valence-electron chi connectivity index (χ3n) is 7.09. The maximum atomic E-state index is 5.35. The monoisotopic (exact) mass is 433 g/mol. The zero-order valence-electron chi connectivity index (χ0n) is 20.1. The molecule has 3 aromatic rings. The van der Waals surface area contributed by atoms with Crippen LogP contribution in [-0.4, -0.2) is 27.3 Å². The summed E-state index contributed by atoms with van der Waals surface area (Å²) in [5.41, 5.74) is 4.42. The molecule has 0 radical (unpaired) electrons. The van der Waals surface area contributed by atoms with Crippen molar-refractivity contribution in [1.82, 2.24) is 20.2 Å². The number of tetrazole rings is 1. The normalized spacial score (nSPS) is 21.4. The molecule has 0 bridgehead atoms. The van der Waals surface area contributed by atoms with E-state index < -0.39 is 0 Å². The largest absolute Gasteiger partial charge is 0.497 e. The highest BCUT2D eigenvalue weighted by atomic mass is 16.5. The van der Waals surface area contributed by atoms with Gasteiger partial charge in [-0.1, -0.05) is 39.0 Å². The van der Waals surface area contributed by atoms with E-state index in [-0.39, 0.29) is 5.54 Å². The molecule has 0 saturated heterocycles. The number of hydrogen-bond donors (Lipinski definition) is 1. The van der Waals surface area contributed by atoms with E-state index in [0.717, 1.165) is 48.6 Å². The summed E-state index contributed by atoms with van der Waals surface area (Å²) in [5.74, 6) is 2.41. The molecule has 0 amide bonds. The Morgan fingerprint density at radius 3 is 2.19 bits per heavy atom. The molecule has 0 unspecified atom stereocenters. The number of aryl methyl sites for hydroxylation is 2. The summed E-state index contributed by atoms with van der Waals surface area (Å²) in [4.78, 5) is 0. The molecular weight excluding hydrogens is 398 g/mol. The van der Waals surface area contributed by atoms with Gasteiger partial charge in [0, 0.05) is 5.69 Å². The van der Waals surface area contributed by atoms with Gasteiger partial charge in [0.1, 0.15) is 5.75 Å². The number of rotatable bonds is 5. The summed E-state index contributed by atoms with van der Waals surface area (Å²) in [5, 5.41) is 17.1. The van der Waals surface area contributed by atoms with Gasteiger partial charge in [0.2, 0.25) is 0 Å². The number of nitrogens with zero attached hydrogens (tertiary/aromatic N) is 4. The van der Waals surface area contributed by atoms with Crippen LogP contribution in [0.4, 0.5) is 5.69 Å². The molecule has 170 valence electrons. The van der Waals surface area contributed by atoms with Crippen molar-refractivity contribution in [2.24, 2.45) is 11.3 Å². The van der Waals surface area contributed by atoms with E-state index in [1.54, 1.807) is 7.11 Å². The second-order valence-corrected chi connectivity index (χ2v) is 10.2. The van der Waals surface area contributed by atoms with Crippen LogP contribution in [0.25, 0.3) is 5.69 Å². The topological polar surface area (TPSA) is 64.9 Å². The molecule has 0 atom stereocenters. The second-order valence-electron chi connectivity index (χ2n) is 10.2. The summed E-state index contributed by atoms with van der Waals surface area (Å²) in [6.07, 6.45) is 4.22. The van der Waals surface area contributed by atoms with Crippen molar-refractivity contribution in [2.45, 2.75) is 65.8 Å². The van der Waals surface area contributed by atoms with Crippen molar-refractivity contribution in [1.29, 1.82) is 0 Å². The van der Waals surface area contributed by atoms with Crippen LogP contribution in [0.5, 0.6) is 5.75 Å². The van der Waals surface area contributed by atoms with Gasteiger partial charge in [0.25, 0.3) is 0 Å². The van der Waals surface area contributed by atoms with Crippen LogP contribution in [-0.2, 0) is 5.54 Å². The van der Waals surface area contributed by atoms with Gasteiger partial charge in [-0.05, 0) is 96.7 Å². The predicted octanol–water partition coefficient (Wildman–Crippen LogP) is 5.83. The fourth-order valence-corrected chi connectivity index (χ4v) is 5.11. The highest BCUT2D eigenvalue weighted by molar-refractivity contribution is 5.51. The Morgan fingerprint density at radius 1 is 1.00 bits per heavy atom. The highest BCUT2D eigenvalue weighted by Gasteiger charge is 2.44. The van der Waals surface area contributed by atoms with Crippen molar-refractivity contribution < 1.29 is 4.74 Å². The minimum absolute atomic E-state index is 0.296. The molecule has 1 heterocycles. The van der Waals surface area contributed by atoms with Crippen LogP contribution in [0.15, 0.2) is 42.5 Å². The third kappa shape index (κ3) is 4.23. The minimum Gasteiger partial charge on any atom is -0.497 e. The maximum Gasteiger partial charge on any atom is 0.181 e. The van der Waals surface area contributed by atoms with Crippen molar-refractivity contribution >= 4 is 5.69 Å². The van der Waals surface area contributed by atoms with E-state index in [9.17, 15) is 0 Å². The Kier molecular flexibility index (Phi) is 5.97. The van der Waals surface area contributed by atoms with Crippen molar-refractivity contribution in [3.05, 3.63) is 59.4 Å². The summed E-state index contributed by atoms with van der Waals surface area (Å²) in [6, 6.07) is 14.4. The Morgan fingerprint density at radius 2 is 1.62 bits per heavy atom. The first-order valence-corrected chi connectivity index (χ1v) is 11.5. The molecule has 6 heteroatoms. The van der Waals surface area contributed by atoms with Crippen LogP contribution in [0, 0.1) is 25.2 Å². The van der Waals surface area contributed by atoms with Gasteiger partial charge in [-0.3, -0.25) is 0 Å². The number of anilines is 1. The molecular formula is C26H35N5O. The van der Waals surface area contributed by atoms with Gasteiger partial charge in [-0.2, -0.15) is 4.68 Å². The maximum absolute atomic E-state index is 5.35. The fraction of sp³-hybridized carbons (Fsp3) is 0.500. The number of hydrogen-bond acceptors (Lipinski definition) is 5. The van der Waals surface area contributed by atoms with E-state index >= 15 is 0 Å². The van der Waals surface area contributed by atoms with E-state index in [1.807, 2.05) is 16.8 Å². The zero-order chi connectivity index (χ0) is 22.9. The van der Waals surface area contributed by atoms with Crippen molar-refractivity contribution in [3.63, 3.8) is 0 Å². The third-order valence-corrected chi connectivity index (χ3v) is 7.09. The van der Waals surface area contributed by atoms with Crippen LogP contribution in [0.3, 0.4) is 0 Å². The summed E-state index contributed by atoms with van der Waals surface area (Å²) in [6.45, 7) is 11.3. The lowest BCUT2D eigenvalue weighted by Gasteiger charge is -2.44. The lowest BCUT2D eigenvalue weighted by molar-refractivity contribution is 0.137. The Balaban J connectivity index is 1.77. The molecule has 0 spiro atoms. The summed E-state index contributed by atoms with van der Waals surface area (Å²) in [7, 11) is 1.69. The molecule has 0 aliphatic heterocycles. The zero-order valence-corrected chi connectivity index (χ0v) is 20.1. The van der Waals surface area contributed by atoms with E-state index in [0.29, 0.717) is 11.3 Å². The quantitative estimate of drug-likeness (QED) is 0.548. The number of aromatic nitrogens is 4. The lowest BCUT2D eigenvalue weighted by atomic mass is 9.67. The average Bonchev–Trinajstić information content (AvgIpc) is 3.24. The van der Waals surface area contributed by atoms with E-state index in [4.69, 9.17) is 4.74 Å². The van der Waals surface area contributed by atoms with E-state index in [1.165, 1.54) is 11.1 Å². The number of methoxy groups -OCH3 is 1. The Labute approximate surface area is 191 Å². The van der Waals surface area contributed by atoms with Crippen molar-refractivity contribution in [3.8, 4) is 11.4 Å². The van der Waals surface area contributed by atoms with Gasteiger partial charge >= 0.3 is 0 Å². The molecule has 6 nitrogen and oxygen atoms in total. The molecule has 2 aromatic carbocycles. The molecule has 1 saturated carbocycles. The number of nitrogens with one attached hydrogen (secondary N) is 1. The standard InChI is InChI=1S/C26H35N5O/c1-18-8-7-9-19(2)23(18)31-24(28-29-30-31)26(16-14-20(15-17-26)25(3,4)5)27-21-10-12-22(32-6)13-11-21/h7-13,20,27H,14-17H2,1-6H3. The first-order valence-electron chi connectivity index (χ1n) is 11.5. The Bertz CT molecular complexity index is 1040. The fourth-order valence-electron chi connectivity index (χ4n) is 5.11. The van der Waals surface area contributed by atoms with Gasteiger partial charge in [-0.25, -0.2) is 0 Å². The van der Waals surface area contributed by atoms with Gasteiger partial charge in [0.05, 0.1) is 18.3 Å². The SMILES string of the molecule is COc1ccc(NC2(c3nnnn3-c3c(C)cccc3C)CCC(C(C)(C)C)CC2)cc1. The number of para-hydroxylation sites is 1. The average molecular weight is 434 g/mol. The molecule has 1 N–H and O–H groups in total. The van der Waals surface area contributed by atoms with Crippen LogP contribution < -0.4 is 10.1 Å². The second kappa shape index (κ2) is 8.57. The lowest BCUT2D eigenvalue weighted by Crippen LogP contribution is -2.43. The van der Waals surface area contributed by atoms with Crippen LogP contribution >= 0.6 is 0 Å². The molecule has 32 heavy (non-hydrogen) atoms. The first-order chi connectivity index (χ1) is 15.2. The first kappa shape index (κ1) is 22.3. The molecule has 1 aliphatic rings. The number of benzene rings is 2. The number of ether oxygens (including phenoxy) is 1. The summed E-state index contributed by atoms with van der Waals surface area (Å²) >= 11 is 0. The molecule has 1 aromatic heterocycles. The smallest absolute Gasteiger partial charge is 0.181 e. The highest BCUT2D eigenvalue weighted by Crippen LogP contribution is 2.47. The minimum atomic E-state index is -0.339. The van der Waals surface area contributed by atoms with Gasteiger partial charge < -0.3 is 10.1 Å². The van der Waals surface area contributed by atoms with Gasteiger partial charge in [-0.15, -0.1) is 5.10 Å². The van der Waals surface area contributed by atoms with E-state index in [2.05, 4.69) is 85.8 Å². The molecule has 1 fully saturated rings.